The van der Waals surface area contributed by atoms with Gasteiger partial charge in [0.2, 0.25) is 0 Å². The molecule has 0 saturated carbocycles. The molecule has 0 aromatic carbocycles. The van der Waals surface area contributed by atoms with Crippen molar-refractivity contribution >= 4 is 5.69 Å². The monoisotopic (exact) mass is 262 g/mol. The molecular formula is C16H26N2O. The maximum Gasteiger partial charge on any atom is 0.0931 e. The van der Waals surface area contributed by atoms with E-state index in [1.807, 2.05) is 12.3 Å². The molecule has 1 aromatic heterocycles. The third-order valence-electron chi connectivity index (χ3n) is 4.28. The van der Waals surface area contributed by atoms with Crippen molar-refractivity contribution < 1.29 is 5.11 Å². The van der Waals surface area contributed by atoms with Crippen LogP contribution in [0.15, 0.2) is 18.3 Å². The number of rotatable bonds is 3. The highest BCUT2D eigenvalue weighted by atomic mass is 16.3. The standard InChI is InChI=1S/C16H26N2O/c1-12(2)14-5-4-9-18(10-8-14)15-6-7-16(13(3)19)17-11-15/h6-7,11-14,19H,4-5,8-10H2,1-3H3/t13-,14?/m0/s1. The van der Waals surface area contributed by atoms with Gasteiger partial charge in [-0.1, -0.05) is 13.8 Å². The van der Waals surface area contributed by atoms with Crippen LogP contribution in [0.1, 0.15) is 51.8 Å². The maximum absolute atomic E-state index is 9.49. The molecule has 1 saturated heterocycles. The van der Waals surface area contributed by atoms with Gasteiger partial charge < -0.3 is 10.0 Å². The van der Waals surface area contributed by atoms with Crippen molar-refractivity contribution in [3.8, 4) is 0 Å². The highest BCUT2D eigenvalue weighted by molar-refractivity contribution is 5.44. The van der Waals surface area contributed by atoms with Gasteiger partial charge in [0.15, 0.2) is 0 Å². The lowest BCUT2D eigenvalue weighted by Crippen LogP contribution is -2.24. The van der Waals surface area contributed by atoms with E-state index in [1.54, 1.807) is 6.92 Å². The van der Waals surface area contributed by atoms with E-state index in [1.165, 1.54) is 24.9 Å². The lowest BCUT2D eigenvalue weighted by Gasteiger charge is -2.23. The Kier molecular flexibility index (Phi) is 4.81. The first-order chi connectivity index (χ1) is 9.08. The summed E-state index contributed by atoms with van der Waals surface area (Å²) in [6.07, 6.45) is 5.30. The largest absolute Gasteiger partial charge is 0.387 e. The Morgan fingerprint density at radius 1 is 1.21 bits per heavy atom. The first-order valence-electron chi connectivity index (χ1n) is 7.47. The van der Waals surface area contributed by atoms with Crippen LogP contribution in [0.5, 0.6) is 0 Å². The molecule has 1 aromatic rings. The fourth-order valence-corrected chi connectivity index (χ4v) is 2.88. The molecule has 0 amide bonds. The molecule has 0 aliphatic carbocycles. The fraction of sp³-hybridized carbons (Fsp3) is 0.688. The van der Waals surface area contributed by atoms with Crippen LogP contribution in [0.3, 0.4) is 0 Å². The zero-order valence-electron chi connectivity index (χ0n) is 12.3. The second-order valence-corrected chi connectivity index (χ2v) is 6.04. The van der Waals surface area contributed by atoms with E-state index in [0.717, 1.165) is 30.6 Å². The van der Waals surface area contributed by atoms with E-state index < -0.39 is 6.10 Å². The van der Waals surface area contributed by atoms with Crippen LogP contribution < -0.4 is 4.90 Å². The van der Waals surface area contributed by atoms with Crippen molar-refractivity contribution in [1.82, 2.24) is 4.98 Å². The Balaban J connectivity index is 2.01. The number of nitrogens with zero attached hydrogens (tertiary/aromatic N) is 2. The summed E-state index contributed by atoms with van der Waals surface area (Å²) in [5, 5.41) is 9.49. The molecule has 3 heteroatoms. The van der Waals surface area contributed by atoms with Gasteiger partial charge in [-0.05, 0) is 50.2 Å². The van der Waals surface area contributed by atoms with Gasteiger partial charge in [-0.3, -0.25) is 4.98 Å². The molecule has 19 heavy (non-hydrogen) atoms. The Labute approximate surface area is 116 Å². The molecule has 1 aliphatic rings. The van der Waals surface area contributed by atoms with Gasteiger partial charge in [-0.25, -0.2) is 0 Å². The summed E-state index contributed by atoms with van der Waals surface area (Å²) in [6, 6.07) is 4.02. The van der Waals surface area contributed by atoms with E-state index in [-0.39, 0.29) is 0 Å². The van der Waals surface area contributed by atoms with E-state index in [4.69, 9.17) is 0 Å². The second-order valence-electron chi connectivity index (χ2n) is 6.04. The Bertz CT molecular complexity index is 386. The van der Waals surface area contributed by atoms with Crippen molar-refractivity contribution in [2.75, 3.05) is 18.0 Å². The van der Waals surface area contributed by atoms with Gasteiger partial charge in [0.05, 0.1) is 23.7 Å². The minimum Gasteiger partial charge on any atom is -0.387 e. The summed E-state index contributed by atoms with van der Waals surface area (Å²) < 4.78 is 0. The zero-order valence-corrected chi connectivity index (χ0v) is 12.3. The molecule has 0 spiro atoms. The fourth-order valence-electron chi connectivity index (χ4n) is 2.88. The van der Waals surface area contributed by atoms with Gasteiger partial charge in [-0.2, -0.15) is 0 Å². The molecule has 2 atom stereocenters. The first-order valence-corrected chi connectivity index (χ1v) is 7.47. The van der Waals surface area contributed by atoms with Crippen LogP contribution >= 0.6 is 0 Å². The van der Waals surface area contributed by atoms with Crippen LogP contribution in [-0.4, -0.2) is 23.2 Å². The smallest absolute Gasteiger partial charge is 0.0931 e. The van der Waals surface area contributed by atoms with Gasteiger partial charge in [-0.15, -0.1) is 0 Å². The SMILES string of the molecule is CC(C)C1CCCN(c2ccc([C@H](C)O)nc2)CC1. The van der Waals surface area contributed by atoms with Gasteiger partial charge >= 0.3 is 0 Å². The van der Waals surface area contributed by atoms with E-state index in [0.29, 0.717) is 0 Å². The highest BCUT2D eigenvalue weighted by Gasteiger charge is 2.19. The third-order valence-corrected chi connectivity index (χ3v) is 4.28. The molecule has 2 rings (SSSR count). The van der Waals surface area contributed by atoms with Crippen LogP contribution in [-0.2, 0) is 0 Å². The number of aliphatic hydroxyl groups is 1. The second kappa shape index (κ2) is 6.38. The summed E-state index contributed by atoms with van der Waals surface area (Å²) in [7, 11) is 0. The zero-order chi connectivity index (χ0) is 13.8. The number of anilines is 1. The number of aromatic nitrogens is 1. The average Bonchev–Trinajstić information content (AvgIpc) is 2.64. The number of hydrogen-bond donors (Lipinski definition) is 1. The van der Waals surface area contributed by atoms with E-state index in [9.17, 15) is 5.11 Å². The maximum atomic E-state index is 9.49. The molecule has 3 nitrogen and oxygen atoms in total. The molecule has 106 valence electrons. The normalized spacial score (nSPS) is 22.4. The van der Waals surface area contributed by atoms with Gasteiger partial charge in [0.25, 0.3) is 0 Å². The van der Waals surface area contributed by atoms with Crippen molar-refractivity contribution in [3.05, 3.63) is 24.0 Å². The molecule has 2 heterocycles. The minimum absolute atomic E-state index is 0.483. The summed E-state index contributed by atoms with van der Waals surface area (Å²) in [6.45, 7) is 8.66. The quantitative estimate of drug-likeness (QED) is 0.907. The number of pyridine rings is 1. The van der Waals surface area contributed by atoms with Crippen molar-refractivity contribution in [3.63, 3.8) is 0 Å². The van der Waals surface area contributed by atoms with Crippen molar-refractivity contribution in [1.29, 1.82) is 0 Å². The Morgan fingerprint density at radius 3 is 2.58 bits per heavy atom. The molecule has 0 radical (unpaired) electrons. The van der Waals surface area contributed by atoms with Gasteiger partial charge in [0.1, 0.15) is 0 Å². The Morgan fingerprint density at radius 2 is 2.00 bits per heavy atom. The summed E-state index contributed by atoms with van der Waals surface area (Å²) >= 11 is 0. The van der Waals surface area contributed by atoms with E-state index >= 15 is 0 Å². The molecule has 1 N–H and O–H groups in total. The summed E-state index contributed by atoms with van der Waals surface area (Å²) in [4.78, 5) is 6.78. The Hall–Kier alpha value is -1.09. The highest BCUT2D eigenvalue weighted by Crippen LogP contribution is 2.27. The van der Waals surface area contributed by atoms with Crippen LogP contribution in [0.25, 0.3) is 0 Å². The lowest BCUT2D eigenvalue weighted by molar-refractivity contribution is 0.194. The van der Waals surface area contributed by atoms with E-state index in [2.05, 4.69) is 29.8 Å². The van der Waals surface area contributed by atoms with Crippen molar-refractivity contribution in [2.24, 2.45) is 11.8 Å². The molecule has 0 bridgehead atoms. The predicted octanol–water partition coefficient (Wildman–Crippen LogP) is 3.40. The topological polar surface area (TPSA) is 36.4 Å². The summed E-state index contributed by atoms with van der Waals surface area (Å²) in [5.74, 6) is 1.64. The molecular weight excluding hydrogens is 236 g/mol. The molecule has 1 aliphatic heterocycles. The number of hydrogen-bond acceptors (Lipinski definition) is 3. The molecule has 1 unspecified atom stereocenters. The first kappa shape index (κ1) is 14.3. The van der Waals surface area contributed by atoms with Gasteiger partial charge in [0, 0.05) is 13.1 Å². The van der Waals surface area contributed by atoms with Crippen LogP contribution in [0.4, 0.5) is 5.69 Å². The van der Waals surface area contributed by atoms with Crippen LogP contribution in [0.2, 0.25) is 0 Å². The number of aliphatic hydroxyl groups excluding tert-OH is 1. The minimum atomic E-state index is -0.483. The summed E-state index contributed by atoms with van der Waals surface area (Å²) in [5.41, 5.74) is 1.94. The van der Waals surface area contributed by atoms with Crippen LogP contribution in [0, 0.1) is 11.8 Å². The third kappa shape index (κ3) is 3.69. The molecule has 1 fully saturated rings. The van der Waals surface area contributed by atoms with Crippen molar-refractivity contribution in [2.45, 2.75) is 46.1 Å². The average molecular weight is 262 g/mol. The lowest BCUT2D eigenvalue weighted by atomic mass is 9.89. The predicted molar refractivity (Wildman–Crippen MR) is 79.3 cm³/mol.